The quantitative estimate of drug-likeness (QED) is 0.606. The number of aromatic amines is 1. The molecule has 0 fully saturated rings. The second-order valence-electron chi connectivity index (χ2n) is 5.83. The Morgan fingerprint density at radius 1 is 1.40 bits per heavy atom. The molecule has 0 aliphatic carbocycles. The molecule has 0 aliphatic rings. The monoisotopic (exact) mass is 303 g/mol. The highest BCUT2D eigenvalue weighted by atomic mass is 32.2. The SMILES string of the molecule is CCCCCC(C)(C)CNS(=O)(=O)c1[nH]ncc1CO. The van der Waals surface area contributed by atoms with Gasteiger partial charge in [-0.3, -0.25) is 5.10 Å². The molecular weight excluding hydrogens is 278 g/mol. The van der Waals surface area contributed by atoms with Gasteiger partial charge in [-0.25, -0.2) is 13.1 Å². The molecule has 20 heavy (non-hydrogen) atoms. The van der Waals surface area contributed by atoms with E-state index >= 15 is 0 Å². The standard InChI is InChI=1S/C13H25N3O3S/c1-4-5-6-7-13(2,3)10-15-20(18,19)12-11(9-17)8-14-16-12/h8,15,17H,4-7,9-10H2,1-3H3,(H,14,16). The number of aliphatic hydroxyl groups excluding tert-OH is 1. The lowest BCUT2D eigenvalue weighted by molar-refractivity contribution is 0.278. The molecule has 116 valence electrons. The van der Waals surface area contributed by atoms with E-state index < -0.39 is 10.0 Å². The lowest BCUT2D eigenvalue weighted by atomic mass is 9.87. The van der Waals surface area contributed by atoms with Crippen LogP contribution in [-0.2, 0) is 16.6 Å². The van der Waals surface area contributed by atoms with Gasteiger partial charge in [-0.2, -0.15) is 5.10 Å². The van der Waals surface area contributed by atoms with Crippen LogP contribution in [0.5, 0.6) is 0 Å². The Hall–Kier alpha value is -0.920. The number of aromatic nitrogens is 2. The van der Waals surface area contributed by atoms with Crippen molar-refractivity contribution in [1.29, 1.82) is 0 Å². The summed E-state index contributed by atoms with van der Waals surface area (Å²) in [6.45, 7) is 6.25. The summed E-state index contributed by atoms with van der Waals surface area (Å²) in [5.41, 5.74) is 0.183. The van der Waals surface area contributed by atoms with E-state index in [9.17, 15) is 8.42 Å². The van der Waals surface area contributed by atoms with Gasteiger partial charge in [0.15, 0.2) is 5.03 Å². The summed E-state index contributed by atoms with van der Waals surface area (Å²) >= 11 is 0. The molecule has 7 heteroatoms. The number of rotatable bonds is 9. The Morgan fingerprint density at radius 3 is 2.70 bits per heavy atom. The fourth-order valence-corrected chi connectivity index (χ4v) is 3.31. The molecule has 0 radical (unpaired) electrons. The van der Waals surface area contributed by atoms with E-state index in [1.807, 2.05) is 13.8 Å². The van der Waals surface area contributed by atoms with Gasteiger partial charge in [0, 0.05) is 12.1 Å². The summed E-state index contributed by atoms with van der Waals surface area (Å²) in [5, 5.41) is 15.1. The predicted molar refractivity (Wildman–Crippen MR) is 77.6 cm³/mol. The van der Waals surface area contributed by atoms with Crippen molar-refractivity contribution >= 4 is 10.0 Å². The Labute approximate surface area is 121 Å². The highest BCUT2D eigenvalue weighted by molar-refractivity contribution is 7.89. The average Bonchev–Trinajstić information content (AvgIpc) is 2.86. The zero-order valence-electron chi connectivity index (χ0n) is 12.4. The number of H-pyrrole nitrogens is 1. The topological polar surface area (TPSA) is 95.1 Å². The van der Waals surface area contributed by atoms with Crippen molar-refractivity contribution in [2.75, 3.05) is 6.54 Å². The first-order valence-electron chi connectivity index (χ1n) is 6.95. The first-order valence-corrected chi connectivity index (χ1v) is 8.43. The molecule has 0 aliphatic heterocycles. The zero-order valence-corrected chi connectivity index (χ0v) is 13.3. The van der Waals surface area contributed by atoms with E-state index in [1.54, 1.807) is 0 Å². The molecule has 0 unspecified atom stereocenters. The van der Waals surface area contributed by atoms with E-state index in [1.165, 1.54) is 6.20 Å². The van der Waals surface area contributed by atoms with Crippen LogP contribution >= 0.6 is 0 Å². The molecule has 0 spiro atoms. The van der Waals surface area contributed by atoms with E-state index in [-0.39, 0.29) is 22.6 Å². The fraction of sp³-hybridized carbons (Fsp3) is 0.769. The molecule has 1 aromatic rings. The molecule has 0 aromatic carbocycles. The Bertz CT molecular complexity index is 509. The maximum atomic E-state index is 12.2. The number of sulfonamides is 1. The molecule has 1 aromatic heterocycles. The van der Waals surface area contributed by atoms with Crippen LogP contribution in [0.15, 0.2) is 11.2 Å². The molecule has 6 nitrogen and oxygen atoms in total. The second-order valence-corrected chi connectivity index (χ2v) is 7.53. The summed E-state index contributed by atoms with van der Waals surface area (Å²) in [6.07, 6.45) is 5.69. The lowest BCUT2D eigenvalue weighted by Gasteiger charge is -2.24. The van der Waals surface area contributed by atoms with Crippen molar-refractivity contribution in [2.45, 2.75) is 58.1 Å². The van der Waals surface area contributed by atoms with Gasteiger partial charge in [-0.05, 0) is 11.8 Å². The molecule has 0 bridgehead atoms. The summed E-state index contributed by atoms with van der Waals surface area (Å²) in [5.74, 6) is 0. The Kier molecular flexibility index (Phi) is 6.16. The van der Waals surface area contributed by atoms with Crippen LogP contribution in [0.2, 0.25) is 0 Å². The Morgan fingerprint density at radius 2 is 2.10 bits per heavy atom. The maximum absolute atomic E-state index is 12.2. The van der Waals surface area contributed by atoms with Gasteiger partial charge in [0.25, 0.3) is 10.0 Å². The van der Waals surface area contributed by atoms with Crippen molar-refractivity contribution in [1.82, 2.24) is 14.9 Å². The van der Waals surface area contributed by atoms with Crippen LogP contribution in [0, 0.1) is 5.41 Å². The third kappa shape index (κ3) is 4.88. The van der Waals surface area contributed by atoms with Crippen LogP contribution in [0.4, 0.5) is 0 Å². The average molecular weight is 303 g/mol. The van der Waals surface area contributed by atoms with Gasteiger partial charge < -0.3 is 5.11 Å². The largest absolute Gasteiger partial charge is 0.392 e. The van der Waals surface area contributed by atoms with Crippen LogP contribution < -0.4 is 4.72 Å². The number of aliphatic hydroxyl groups is 1. The number of unbranched alkanes of at least 4 members (excludes halogenated alkanes) is 2. The minimum Gasteiger partial charge on any atom is -0.392 e. The summed E-state index contributed by atoms with van der Waals surface area (Å²) in [6, 6.07) is 0. The Balaban J connectivity index is 2.63. The predicted octanol–water partition coefficient (Wildman–Crippen LogP) is 1.79. The highest BCUT2D eigenvalue weighted by Gasteiger charge is 2.24. The van der Waals surface area contributed by atoms with Crippen molar-refractivity contribution in [3.05, 3.63) is 11.8 Å². The van der Waals surface area contributed by atoms with E-state index in [4.69, 9.17) is 5.11 Å². The zero-order chi connectivity index (χ0) is 15.2. The maximum Gasteiger partial charge on any atom is 0.257 e. The molecule has 0 atom stereocenters. The lowest BCUT2D eigenvalue weighted by Crippen LogP contribution is -2.34. The van der Waals surface area contributed by atoms with Gasteiger partial charge in [0.05, 0.1) is 12.8 Å². The van der Waals surface area contributed by atoms with Crippen molar-refractivity contribution < 1.29 is 13.5 Å². The molecule has 0 amide bonds. The molecule has 3 N–H and O–H groups in total. The first kappa shape index (κ1) is 17.1. The van der Waals surface area contributed by atoms with Gasteiger partial charge in [-0.1, -0.05) is 40.0 Å². The highest BCUT2D eigenvalue weighted by Crippen LogP contribution is 2.23. The van der Waals surface area contributed by atoms with E-state index in [0.717, 1.165) is 25.7 Å². The van der Waals surface area contributed by atoms with E-state index in [0.29, 0.717) is 6.54 Å². The van der Waals surface area contributed by atoms with E-state index in [2.05, 4.69) is 21.8 Å². The molecule has 1 rings (SSSR count). The smallest absolute Gasteiger partial charge is 0.257 e. The van der Waals surface area contributed by atoms with Gasteiger partial charge in [-0.15, -0.1) is 0 Å². The third-order valence-corrected chi connectivity index (χ3v) is 4.73. The summed E-state index contributed by atoms with van der Waals surface area (Å²) < 4.78 is 26.9. The first-order chi connectivity index (χ1) is 9.32. The minimum absolute atomic E-state index is 0.0515. The molecule has 0 saturated heterocycles. The van der Waals surface area contributed by atoms with Gasteiger partial charge in [0.2, 0.25) is 0 Å². The normalized spacial score (nSPS) is 12.8. The number of hydrogen-bond donors (Lipinski definition) is 3. The number of nitrogens with zero attached hydrogens (tertiary/aromatic N) is 1. The van der Waals surface area contributed by atoms with Crippen LogP contribution in [0.1, 0.15) is 52.0 Å². The van der Waals surface area contributed by atoms with Crippen molar-refractivity contribution in [2.24, 2.45) is 5.41 Å². The number of hydrogen-bond acceptors (Lipinski definition) is 4. The second kappa shape index (κ2) is 7.19. The van der Waals surface area contributed by atoms with Gasteiger partial charge >= 0.3 is 0 Å². The summed E-state index contributed by atoms with van der Waals surface area (Å²) in [7, 11) is -3.65. The van der Waals surface area contributed by atoms with Crippen LogP contribution in [-0.4, -0.2) is 30.3 Å². The van der Waals surface area contributed by atoms with Crippen LogP contribution in [0.3, 0.4) is 0 Å². The molecular formula is C13H25N3O3S. The third-order valence-electron chi connectivity index (χ3n) is 3.32. The minimum atomic E-state index is -3.65. The van der Waals surface area contributed by atoms with Gasteiger partial charge in [0.1, 0.15) is 0 Å². The molecule has 1 heterocycles. The summed E-state index contributed by atoms with van der Waals surface area (Å²) in [4.78, 5) is 0. The van der Waals surface area contributed by atoms with Crippen molar-refractivity contribution in [3.8, 4) is 0 Å². The van der Waals surface area contributed by atoms with Crippen LogP contribution in [0.25, 0.3) is 0 Å². The van der Waals surface area contributed by atoms with Crippen molar-refractivity contribution in [3.63, 3.8) is 0 Å². The fourth-order valence-electron chi connectivity index (χ4n) is 1.95. The molecule has 0 saturated carbocycles. The number of nitrogens with one attached hydrogen (secondary N) is 2.